The number of amides is 3. The summed E-state index contributed by atoms with van der Waals surface area (Å²) in [4.78, 5) is 25.7. The number of hydrogen-bond acceptors (Lipinski definition) is 3. The zero-order valence-corrected chi connectivity index (χ0v) is 15.0. The molecule has 2 N–H and O–H groups in total. The van der Waals surface area contributed by atoms with Crippen molar-refractivity contribution in [3.63, 3.8) is 0 Å². The van der Waals surface area contributed by atoms with Crippen LogP contribution in [0, 0.1) is 0 Å². The normalized spacial score (nSPS) is 9.92. The maximum Gasteiger partial charge on any atom is 0.321 e. The molecule has 6 heteroatoms. The molecule has 0 aliphatic heterocycles. The van der Waals surface area contributed by atoms with Crippen molar-refractivity contribution in [2.75, 3.05) is 26.0 Å². The fourth-order valence-electron chi connectivity index (χ4n) is 2.31. The predicted octanol–water partition coefficient (Wildman–Crippen LogP) is 3.27. The number of methoxy groups -OCH3 is 1. The molecule has 0 radical (unpaired) electrons. The maximum atomic E-state index is 12.3. The zero-order valence-electron chi connectivity index (χ0n) is 15.0. The van der Waals surface area contributed by atoms with Crippen LogP contribution >= 0.6 is 0 Å². The predicted molar refractivity (Wildman–Crippen MR) is 102 cm³/mol. The lowest BCUT2D eigenvalue weighted by Crippen LogP contribution is -2.30. The minimum atomic E-state index is -0.239. The fraction of sp³-hybridized carbons (Fsp3) is 0.200. The molecule has 2 aromatic carbocycles. The third kappa shape index (κ3) is 5.37. The Labute approximate surface area is 153 Å². The molecule has 136 valence electrons. The van der Waals surface area contributed by atoms with Gasteiger partial charge in [0.2, 0.25) is 0 Å². The van der Waals surface area contributed by atoms with E-state index < -0.39 is 0 Å². The molecule has 3 amide bonds. The van der Waals surface area contributed by atoms with Crippen LogP contribution in [0.4, 0.5) is 10.5 Å². The van der Waals surface area contributed by atoms with E-state index in [9.17, 15) is 9.59 Å². The van der Waals surface area contributed by atoms with E-state index in [4.69, 9.17) is 4.74 Å². The quantitative estimate of drug-likeness (QED) is 0.751. The van der Waals surface area contributed by atoms with Gasteiger partial charge in [0.1, 0.15) is 5.75 Å². The van der Waals surface area contributed by atoms with Crippen molar-refractivity contribution in [2.45, 2.75) is 6.54 Å². The summed E-state index contributed by atoms with van der Waals surface area (Å²) in [5.74, 6) is 0.569. The molecular weight excluding hydrogens is 330 g/mol. The number of benzene rings is 2. The van der Waals surface area contributed by atoms with Gasteiger partial charge in [0.25, 0.3) is 5.91 Å². The van der Waals surface area contributed by atoms with Crippen LogP contribution < -0.4 is 15.4 Å². The average molecular weight is 353 g/mol. The molecule has 0 unspecified atom stereocenters. The van der Waals surface area contributed by atoms with E-state index in [1.807, 2.05) is 24.3 Å². The Morgan fingerprint density at radius 2 is 1.92 bits per heavy atom. The van der Waals surface area contributed by atoms with E-state index in [1.165, 1.54) is 0 Å². The summed E-state index contributed by atoms with van der Waals surface area (Å²) < 4.78 is 5.19. The van der Waals surface area contributed by atoms with Gasteiger partial charge in [0, 0.05) is 31.4 Å². The molecular formula is C20H23N3O3. The van der Waals surface area contributed by atoms with Gasteiger partial charge in [0.05, 0.1) is 7.11 Å². The van der Waals surface area contributed by atoms with E-state index >= 15 is 0 Å². The number of nitrogens with zero attached hydrogens (tertiary/aromatic N) is 1. The largest absolute Gasteiger partial charge is 0.497 e. The van der Waals surface area contributed by atoms with Crippen molar-refractivity contribution in [2.24, 2.45) is 0 Å². The Bertz CT molecular complexity index is 772. The molecule has 26 heavy (non-hydrogen) atoms. The summed E-state index contributed by atoms with van der Waals surface area (Å²) in [7, 11) is 3.32. The fourth-order valence-corrected chi connectivity index (χ4v) is 2.31. The second-order valence-corrected chi connectivity index (χ2v) is 5.71. The third-order valence-electron chi connectivity index (χ3n) is 3.71. The highest BCUT2D eigenvalue weighted by Crippen LogP contribution is 2.15. The van der Waals surface area contributed by atoms with Crippen LogP contribution in [-0.2, 0) is 6.54 Å². The summed E-state index contributed by atoms with van der Waals surface area (Å²) in [6.07, 6.45) is 1.62. The van der Waals surface area contributed by atoms with Crippen LogP contribution in [0.2, 0.25) is 0 Å². The first-order valence-corrected chi connectivity index (χ1v) is 8.17. The van der Waals surface area contributed by atoms with Gasteiger partial charge in [-0.2, -0.15) is 0 Å². The van der Waals surface area contributed by atoms with Gasteiger partial charge < -0.3 is 20.3 Å². The highest BCUT2D eigenvalue weighted by Gasteiger charge is 2.11. The van der Waals surface area contributed by atoms with Crippen LogP contribution in [0.3, 0.4) is 0 Å². The number of ether oxygens (including phenoxy) is 1. The lowest BCUT2D eigenvalue weighted by Gasteiger charge is -2.18. The Morgan fingerprint density at radius 1 is 1.19 bits per heavy atom. The molecule has 0 spiro atoms. The third-order valence-corrected chi connectivity index (χ3v) is 3.71. The van der Waals surface area contributed by atoms with Gasteiger partial charge in [-0.1, -0.05) is 18.2 Å². The second kappa shape index (κ2) is 9.27. The summed E-state index contributed by atoms with van der Waals surface area (Å²) in [5.41, 5.74) is 2.11. The summed E-state index contributed by atoms with van der Waals surface area (Å²) >= 11 is 0. The molecule has 0 saturated carbocycles. The average Bonchev–Trinajstić information content (AvgIpc) is 2.66. The zero-order chi connectivity index (χ0) is 18.9. The number of hydrogen-bond donors (Lipinski definition) is 2. The van der Waals surface area contributed by atoms with Crippen LogP contribution in [-0.4, -0.2) is 37.5 Å². The Morgan fingerprint density at radius 3 is 2.58 bits per heavy atom. The van der Waals surface area contributed by atoms with E-state index in [2.05, 4.69) is 17.2 Å². The number of rotatable bonds is 7. The van der Waals surface area contributed by atoms with Crippen molar-refractivity contribution in [1.82, 2.24) is 10.2 Å². The van der Waals surface area contributed by atoms with Gasteiger partial charge in [0.15, 0.2) is 0 Å². The molecule has 2 aromatic rings. The summed E-state index contributed by atoms with van der Waals surface area (Å²) in [6, 6.07) is 14.0. The molecule has 0 bridgehead atoms. The van der Waals surface area contributed by atoms with Crippen molar-refractivity contribution >= 4 is 17.6 Å². The lowest BCUT2D eigenvalue weighted by molar-refractivity contribution is 0.0958. The van der Waals surface area contributed by atoms with Gasteiger partial charge in [-0.25, -0.2) is 4.79 Å². The molecule has 2 rings (SSSR count). The van der Waals surface area contributed by atoms with E-state index in [0.29, 0.717) is 24.3 Å². The molecule has 6 nitrogen and oxygen atoms in total. The Kier molecular flexibility index (Phi) is 6.79. The first kappa shape index (κ1) is 19.1. The minimum Gasteiger partial charge on any atom is -0.497 e. The van der Waals surface area contributed by atoms with Crippen LogP contribution in [0.5, 0.6) is 5.75 Å². The van der Waals surface area contributed by atoms with Crippen molar-refractivity contribution in [3.05, 3.63) is 72.3 Å². The summed E-state index contributed by atoms with van der Waals surface area (Å²) in [6.45, 7) is 4.41. The second-order valence-electron chi connectivity index (χ2n) is 5.71. The number of nitrogens with one attached hydrogen (secondary N) is 2. The topological polar surface area (TPSA) is 70.7 Å². The van der Waals surface area contributed by atoms with Crippen LogP contribution in [0.15, 0.2) is 61.2 Å². The monoisotopic (exact) mass is 353 g/mol. The molecule has 0 aromatic heterocycles. The Balaban J connectivity index is 1.93. The molecule has 0 atom stereocenters. The molecule has 0 heterocycles. The number of urea groups is 1. The van der Waals surface area contributed by atoms with Gasteiger partial charge in [-0.05, 0) is 42.0 Å². The van der Waals surface area contributed by atoms with E-state index in [0.717, 1.165) is 11.3 Å². The first-order chi connectivity index (χ1) is 12.5. The maximum absolute atomic E-state index is 12.3. The lowest BCUT2D eigenvalue weighted by atomic mass is 10.2. The number of carbonyl (C=O) groups is 2. The molecule has 0 fully saturated rings. The van der Waals surface area contributed by atoms with Crippen molar-refractivity contribution in [3.8, 4) is 5.75 Å². The summed E-state index contributed by atoms with van der Waals surface area (Å²) in [5, 5.41) is 5.51. The smallest absolute Gasteiger partial charge is 0.321 e. The van der Waals surface area contributed by atoms with Crippen LogP contribution in [0.25, 0.3) is 0 Å². The molecule has 0 aliphatic rings. The highest BCUT2D eigenvalue weighted by atomic mass is 16.5. The van der Waals surface area contributed by atoms with Gasteiger partial charge in [-0.15, -0.1) is 6.58 Å². The highest BCUT2D eigenvalue weighted by molar-refractivity contribution is 5.95. The number of anilines is 1. The van der Waals surface area contributed by atoms with Crippen molar-refractivity contribution < 1.29 is 14.3 Å². The van der Waals surface area contributed by atoms with Crippen LogP contribution in [0.1, 0.15) is 15.9 Å². The first-order valence-electron chi connectivity index (χ1n) is 8.17. The van der Waals surface area contributed by atoms with E-state index in [-0.39, 0.29) is 11.9 Å². The van der Waals surface area contributed by atoms with Gasteiger partial charge >= 0.3 is 6.03 Å². The minimum absolute atomic E-state index is 0.182. The van der Waals surface area contributed by atoms with E-state index in [1.54, 1.807) is 49.4 Å². The number of carbonyl (C=O) groups excluding carboxylic acids is 2. The Hall–Kier alpha value is -3.28. The van der Waals surface area contributed by atoms with Gasteiger partial charge in [-0.3, -0.25) is 4.79 Å². The molecule has 0 aliphatic carbocycles. The SMILES string of the molecule is C=CCNC(=O)c1ccc(NC(=O)N(C)Cc2cccc(OC)c2)cc1. The van der Waals surface area contributed by atoms with Crippen molar-refractivity contribution in [1.29, 1.82) is 0 Å². The molecule has 0 saturated heterocycles. The standard InChI is InChI=1S/C20H23N3O3/c1-4-12-21-19(24)16-8-10-17(11-9-16)22-20(25)23(2)14-15-6-5-7-18(13-15)26-3/h4-11,13H,1,12,14H2,2-3H3,(H,21,24)(H,22,25).